The zero-order valence-corrected chi connectivity index (χ0v) is 18.3. The minimum absolute atomic E-state index is 0.971. The summed E-state index contributed by atoms with van der Waals surface area (Å²) < 4.78 is 0. The van der Waals surface area contributed by atoms with Crippen LogP contribution < -0.4 is 9.80 Å². The van der Waals surface area contributed by atoms with Crippen LogP contribution in [0.2, 0.25) is 0 Å². The van der Waals surface area contributed by atoms with E-state index in [9.17, 15) is 0 Å². The number of rotatable bonds is 5. The average Bonchev–Trinajstić information content (AvgIpc) is 3.19. The number of aromatic nitrogens is 2. The summed E-state index contributed by atoms with van der Waals surface area (Å²) in [6, 6.07) is 23.5. The number of nitrogens with one attached hydrogen (secondary N) is 1. The smallest absolute Gasteiger partial charge is 0.0716 e. The van der Waals surface area contributed by atoms with Gasteiger partial charge in [-0.15, -0.1) is 0 Å². The molecule has 0 amide bonds. The Hall–Kier alpha value is -3.53. The number of anilines is 2. The fraction of sp³-hybridized carbons (Fsp3) is 0.192. The van der Waals surface area contributed by atoms with Crippen LogP contribution in [-0.4, -0.2) is 38.2 Å². The Morgan fingerprint density at radius 1 is 0.633 bits per heavy atom. The maximum atomic E-state index is 5.02. The van der Waals surface area contributed by atoms with E-state index in [1.54, 1.807) is 0 Å². The lowest BCUT2D eigenvalue weighted by atomic mass is 10.0. The number of H-pyrrole nitrogens is 1. The third kappa shape index (κ3) is 3.94. The number of aromatic amines is 1. The molecule has 30 heavy (non-hydrogen) atoms. The Labute approximate surface area is 178 Å². The van der Waals surface area contributed by atoms with E-state index < -0.39 is 0 Å². The summed E-state index contributed by atoms with van der Waals surface area (Å²) in [5.74, 6) is 0. The van der Waals surface area contributed by atoms with Gasteiger partial charge in [0.1, 0.15) is 0 Å². The molecule has 0 aliphatic carbocycles. The largest absolute Gasteiger partial charge is 0.378 e. The number of benzene rings is 2. The molecule has 0 saturated carbocycles. The molecule has 0 atom stereocenters. The van der Waals surface area contributed by atoms with Gasteiger partial charge in [-0.1, -0.05) is 24.3 Å². The molecule has 4 aromatic rings. The lowest BCUT2D eigenvalue weighted by Crippen LogP contribution is -2.08. The van der Waals surface area contributed by atoms with E-state index in [0.29, 0.717) is 0 Å². The van der Waals surface area contributed by atoms with Crippen LogP contribution in [-0.2, 0) is 0 Å². The highest BCUT2D eigenvalue weighted by atomic mass is 15.1. The molecule has 0 fully saturated rings. The van der Waals surface area contributed by atoms with Gasteiger partial charge >= 0.3 is 0 Å². The molecule has 0 spiro atoms. The van der Waals surface area contributed by atoms with E-state index in [1.165, 1.54) is 16.9 Å². The third-order valence-electron chi connectivity index (χ3n) is 5.43. The third-order valence-corrected chi connectivity index (χ3v) is 5.43. The van der Waals surface area contributed by atoms with E-state index >= 15 is 0 Å². The molecule has 0 saturated heterocycles. The molecule has 2 aromatic heterocycles. The van der Waals surface area contributed by atoms with Crippen LogP contribution in [0.3, 0.4) is 0 Å². The van der Waals surface area contributed by atoms with Gasteiger partial charge in [-0.3, -0.25) is 0 Å². The van der Waals surface area contributed by atoms with Crippen molar-refractivity contribution >= 4 is 11.4 Å². The second kappa shape index (κ2) is 8.07. The fourth-order valence-corrected chi connectivity index (χ4v) is 3.59. The molecule has 0 aliphatic heterocycles. The molecule has 0 radical (unpaired) electrons. The number of pyridine rings is 1. The summed E-state index contributed by atoms with van der Waals surface area (Å²) in [4.78, 5) is 12.6. The second-order valence-corrected chi connectivity index (χ2v) is 8.04. The number of nitrogens with zero attached hydrogens (tertiary/aromatic N) is 3. The van der Waals surface area contributed by atoms with Crippen molar-refractivity contribution in [1.29, 1.82) is 0 Å². The van der Waals surface area contributed by atoms with Gasteiger partial charge in [-0.05, 0) is 55.0 Å². The molecule has 4 nitrogen and oxygen atoms in total. The van der Waals surface area contributed by atoms with Gasteiger partial charge in [-0.2, -0.15) is 0 Å². The zero-order chi connectivity index (χ0) is 21.3. The highest BCUT2D eigenvalue weighted by Crippen LogP contribution is 2.32. The molecule has 0 aliphatic rings. The zero-order valence-electron chi connectivity index (χ0n) is 18.3. The standard InChI is InChI=1S/C26H28N4/c1-18-14-15-27-26(18)21-16-24(19-6-10-22(11-7-19)29(2)3)28-25(17-21)20-8-12-23(13-9-20)30(4)5/h6-17,27H,1-5H3. The highest BCUT2D eigenvalue weighted by Gasteiger charge is 2.11. The summed E-state index contributed by atoms with van der Waals surface area (Å²) in [6.45, 7) is 2.13. The van der Waals surface area contributed by atoms with Gasteiger partial charge in [0.2, 0.25) is 0 Å². The normalized spacial score (nSPS) is 10.8. The van der Waals surface area contributed by atoms with Gasteiger partial charge in [0.15, 0.2) is 0 Å². The number of hydrogen-bond acceptors (Lipinski definition) is 3. The minimum atomic E-state index is 0.971. The Kier molecular flexibility index (Phi) is 5.32. The van der Waals surface area contributed by atoms with Crippen molar-refractivity contribution in [3.05, 3.63) is 78.5 Å². The molecule has 152 valence electrons. The Morgan fingerprint density at radius 3 is 1.47 bits per heavy atom. The monoisotopic (exact) mass is 396 g/mol. The SMILES string of the molecule is Cc1cc[nH]c1-c1cc(-c2ccc(N(C)C)cc2)nc(-c2ccc(N(C)C)cc2)c1. The van der Waals surface area contributed by atoms with Crippen molar-refractivity contribution in [2.24, 2.45) is 0 Å². The molecule has 4 heteroatoms. The first-order valence-corrected chi connectivity index (χ1v) is 10.1. The van der Waals surface area contributed by atoms with Gasteiger partial charge in [0.05, 0.1) is 11.4 Å². The van der Waals surface area contributed by atoms with E-state index in [-0.39, 0.29) is 0 Å². The topological polar surface area (TPSA) is 35.2 Å². The Balaban J connectivity index is 1.83. The summed E-state index contributed by atoms with van der Waals surface area (Å²) >= 11 is 0. The van der Waals surface area contributed by atoms with Crippen molar-refractivity contribution in [3.8, 4) is 33.8 Å². The molecule has 1 N–H and O–H groups in total. The van der Waals surface area contributed by atoms with Crippen molar-refractivity contribution in [2.75, 3.05) is 38.0 Å². The molecular weight excluding hydrogens is 368 g/mol. The predicted octanol–water partition coefficient (Wildman–Crippen LogP) is 5.85. The first-order valence-electron chi connectivity index (χ1n) is 10.1. The lowest BCUT2D eigenvalue weighted by molar-refractivity contribution is 1.13. The molecule has 2 heterocycles. The van der Waals surface area contributed by atoms with E-state index in [1.807, 2.05) is 6.20 Å². The first-order chi connectivity index (χ1) is 14.4. The molecule has 4 rings (SSSR count). The lowest BCUT2D eigenvalue weighted by Gasteiger charge is -2.15. The predicted molar refractivity (Wildman–Crippen MR) is 128 cm³/mol. The number of hydrogen-bond donors (Lipinski definition) is 1. The van der Waals surface area contributed by atoms with E-state index in [2.05, 4.69) is 117 Å². The average molecular weight is 397 g/mol. The maximum absolute atomic E-state index is 5.02. The van der Waals surface area contributed by atoms with Crippen molar-refractivity contribution in [1.82, 2.24) is 9.97 Å². The molecule has 0 unspecified atom stereocenters. The van der Waals surface area contributed by atoms with Gasteiger partial charge < -0.3 is 14.8 Å². The van der Waals surface area contributed by atoms with Crippen LogP contribution in [0.25, 0.3) is 33.8 Å². The van der Waals surface area contributed by atoms with Crippen LogP contribution in [0.15, 0.2) is 72.9 Å². The van der Waals surface area contributed by atoms with Gasteiger partial charge in [0, 0.05) is 68.1 Å². The molecule has 0 bridgehead atoms. The van der Waals surface area contributed by atoms with Gasteiger partial charge in [0.25, 0.3) is 0 Å². The summed E-state index contributed by atoms with van der Waals surface area (Å²) in [5.41, 5.74) is 10.0. The number of aryl methyl sites for hydroxylation is 1. The van der Waals surface area contributed by atoms with Crippen LogP contribution >= 0.6 is 0 Å². The Morgan fingerprint density at radius 2 is 1.10 bits per heavy atom. The first kappa shape index (κ1) is 19.8. The Bertz CT molecular complexity index is 1070. The van der Waals surface area contributed by atoms with Crippen molar-refractivity contribution in [2.45, 2.75) is 6.92 Å². The minimum Gasteiger partial charge on any atom is -0.378 e. The van der Waals surface area contributed by atoms with Crippen molar-refractivity contribution in [3.63, 3.8) is 0 Å². The second-order valence-electron chi connectivity index (χ2n) is 8.04. The van der Waals surface area contributed by atoms with E-state index in [4.69, 9.17) is 4.98 Å². The maximum Gasteiger partial charge on any atom is 0.0716 e. The van der Waals surface area contributed by atoms with Crippen molar-refractivity contribution < 1.29 is 0 Å². The van der Waals surface area contributed by atoms with E-state index in [0.717, 1.165) is 33.8 Å². The van der Waals surface area contributed by atoms with Crippen LogP contribution in [0, 0.1) is 6.92 Å². The van der Waals surface area contributed by atoms with Crippen LogP contribution in [0.1, 0.15) is 5.56 Å². The quantitative estimate of drug-likeness (QED) is 0.459. The van der Waals surface area contributed by atoms with Crippen LogP contribution in [0.5, 0.6) is 0 Å². The summed E-state index contributed by atoms with van der Waals surface area (Å²) in [7, 11) is 8.21. The highest BCUT2D eigenvalue weighted by molar-refractivity contribution is 5.77. The molecule has 2 aromatic carbocycles. The van der Waals surface area contributed by atoms with Gasteiger partial charge in [-0.25, -0.2) is 4.98 Å². The molecular formula is C26H28N4. The summed E-state index contributed by atoms with van der Waals surface area (Å²) in [5, 5.41) is 0. The van der Waals surface area contributed by atoms with Crippen LogP contribution in [0.4, 0.5) is 11.4 Å². The fourth-order valence-electron chi connectivity index (χ4n) is 3.59. The summed E-state index contributed by atoms with van der Waals surface area (Å²) in [6.07, 6.45) is 1.99.